The van der Waals surface area contributed by atoms with E-state index in [1.807, 2.05) is 0 Å². The Kier molecular flexibility index (Phi) is 5.47. The molecule has 0 atom stereocenters. The lowest BCUT2D eigenvalue weighted by molar-refractivity contribution is -0.0202. The molecule has 0 unspecified atom stereocenters. The first-order chi connectivity index (χ1) is 6.64. The summed E-state index contributed by atoms with van der Waals surface area (Å²) in [5.74, 6) is 0.816. The second-order valence-electron chi connectivity index (χ2n) is 5.06. The third-order valence-corrected chi connectivity index (χ3v) is 4.36. The van der Waals surface area contributed by atoms with Crippen LogP contribution in [-0.4, -0.2) is 17.5 Å². The highest BCUT2D eigenvalue weighted by Crippen LogP contribution is 2.24. The van der Waals surface area contributed by atoms with Crippen molar-refractivity contribution in [2.75, 3.05) is 11.9 Å². The van der Waals surface area contributed by atoms with E-state index in [1.54, 1.807) is 0 Å². The van der Waals surface area contributed by atoms with E-state index >= 15 is 0 Å². The van der Waals surface area contributed by atoms with Gasteiger partial charge in [0.1, 0.15) is 0 Å². The van der Waals surface area contributed by atoms with Crippen molar-refractivity contribution in [2.45, 2.75) is 58.0 Å². The molecule has 0 bridgehead atoms. The molecular formula is C12H23BrO. The van der Waals surface area contributed by atoms with E-state index in [4.69, 9.17) is 4.74 Å². The molecule has 0 aromatic rings. The summed E-state index contributed by atoms with van der Waals surface area (Å²) in [6, 6.07) is 0. The number of alkyl halides is 1. The van der Waals surface area contributed by atoms with Gasteiger partial charge < -0.3 is 4.74 Å². The van der Waals surface area contributed by atoms with Gasteiger partial charge in [-0.25, -0.2) is 0 Å². The van der Waals surface area contributed by atoms with Gasteiger partial charge in [-0.1, -0.05) is 41.6 Å². The smallest absolute Gasteiger partial charge is 0.0723 e. The van der Waals surface area contributed by atoms with Crippen LogP contribution in [0.2, 0.25) is 0 Å². The summed E-state index contributed by atoms with van der Waals surface area (Å²) in [4.78, 5) is 0. The molecule has 0 aliphatic heterocycles. The molecule has 0 N–H and O–H groups in total. The topological polar surface area (TPSA) is 9.23 Å². The van der Waals surface area contributed by atoms with Gasteiger partial charge in [0.15, 0.2) is 0 Å². The van der Waals surface area contributed by atoms with Gasteiger partial charge in [0.25, 0.3) is 0 Å². The Morgan fingerprint density at radius 1 is 1.14 bits per heavy atom. The van der Waals surface area contributed by atoms with Crippen LogP contribution in [0.25, 0.3) is 0 Å². The Hall–Kier alpha value is 0.440. The molecule has 14 heavy (non-hydrogen) atoms. The summed E-state index contributed by atoms with van der Waals surface area (Å²) in [6.45, 7) is 5.26. The second kappa shape index (κ2) is 6.12. The number of hydrogen-bond donors (Lipinski definition) is 0. The molecule has 0 saturated heterocycles. The first-order valence-electron chi connectivity index (χ1n) is 5.84. The molecule has 0 spiro atoms. The Balaban J connectivity index is 2.22. The van der Waals surface area contributed by atoms with Gasteiger partial charge in [-0.05, 0) is 32.6 Å². The maximum absolute atomic E-state index is 5.93. The van der Waals surface area contributed by atoms with Crippen molar-refractivity contribution in [3.05, 3.63) is 0 Å². The van der Waals surface area contributed by atoms with E-state index in [-0.39, 0.29) is 5.60 Å². The number of rotatable bonds is 4. The average molecular weight is 263 g/mol. The van der Waals surface area contributed by atoms with E-state index < -0.39 is 0 Å². The molecule has 84 valence electrons. The van der Waals surface area contributed by atoms with E-state index in [0.717, 1.165) is 17.9 Å². The molecule has 1 fully saturated rings. The molecule has 0 radical (unpaired) electrons. The lowest BCUT2D eigenvalue weighted by Gasteiger charge is -2.25. The van der Waals surface area contributed by atoms with Crippen LogP contribution in [0.4, 0.5) is 0 Å². The van der Waals surface area contributed by atoms with Crippen molar-refractivity contribution >= 4 is 15.9 Å². The van der Waals surface area contributed by atoms with Gasteiger partial charge in [-0.3, -0.25) is 0 Å². The van der Waals surface area contributed by atoms with Crippen molar-refractivity contribution in [3.63, 3.8) is 0 Å². The van der Waals surface area contributed by atoms with Gasteiger partial charge in [0.2, 0.25) is 0 Å². The zero-order chi connectivity index (χ0) is 10.4. The Bertz CT molecular complexity index is 148. The maximum Gasteiger partial charge on any atom is 0.0723 e. The highest BCUT2D eigenvalue weighted by Gasteiger charge is 2.19. The Morgan fingerprint density at radius 2 is 1.71 bits per heavy atom. The van der Waals surface area contributed by atoms with Gasteiger partial charge in [0, 0.05) is 5.33 Å². The van der Waals surface area contributed by atoms with E-state index in [0.29, 0.717) is 0 Å². The summed E-state index contributed by atoms with van der Waals surface area (Å²) >= 11 is 3.49. The molecular weight excluding hydrogens is 240 g/mol. The molecule has 0 aromatic heterocycles. The quantitative estimate of drug-likeness (QED) is 0.547. The minimum absolute atomic E-state index is 0.00625. The predicted molar refractivity (Wildman–Crippen MR) is 65.0 cm³/mol. The predicted octanol–water partition coefficient (Wildman–Crippen LogP) is 4.15. The van der Waals surface area contributed by atoms with Gasteiger partial charge in [-0.15, -0.1) is 0 Å². The largest absolute Gasteiger partial charge is 0.374 e. The molecule has 1 saturated carbocycles. The third-order valence-electron chi connectivity index (χ3n) is 3.01. The van der Waals surface area contributed by atoms with Gasteiger partial charge in [-0.2, -0.15) is 0 Å². The Morgan fingerprint density at radius 3 is 2.21 bits per heavy atom. The summed E-state index contributed by atoms with van der Waals surface area (Å²) in [5.41, 5.74) is 0.00625. The van der Waals surface area contributed by atoms with Gasteiger partial charge >= 0.3 is 0 Å². The summed E-state index contributed by atoms with van der Waals surface area (Å²) in [6.07, 6.45) is 8.42. The van der Waals surface area contributed by atoms with Crippen molar-refractivity contribution in [1.82, 2.24) is 0 Å². The first-order valence-corrected chi connectivity index (χ1v) is 6.96. The Labute approximate surface area is 96.7 Å². The normalized spacial score (nSPS) is 20.8. The van der Waals surface area contributed by atoms with Crippen LogP contribution in [0.3, 0.4) is 0 Å². The van der Waals surface area contributed by atoms with E-state index in [1.165, 1.54) is 38.5 Å². The molecule has 1 rings (SSSR count). The van der Waals surface area contributed by atoms with E-state index in [9.17, 15) is 0 Å². The monoisotopic (exact) mass is 262 g/mol. The fourth-order valence-corrected chi connectivity index (χ4v) is 2.07. The molecule has 1 nitrogen and oxygen atoms in total. The van der Waals surface area contributed by atoms with Crippen molar-refractivity contribution in [3.8, 4) is 0 Å². The molecule has 2 heteroatoms. The third kappa shape index (κ3) is 4.79. The van der Waals surface area contributed by atoms with Crippen LogP contribution in [0.5, 0.6) is 0 Å². The van der Waals surface area contributed by atoms with Crippen LogP contribution >= 0.6 is 15.9 Å². The number of halogens is 1. The molecule has 0 aromatic carbocycles. The lowest BCUT2D eigenvalue weighted by Crippen LogP contribution is -2.29. The van der Waals surface area contributed by atoms with Crippen LogP contribution in [0.15, 0.2) is 0 Å². The second-order valence-corrected chi connectivity index (χ2v) is 5.62. The number of hydrogen-bond acceptors (Lipinski definition) is 1. The minimum Gasteiger partial charge on any atom is -0.374 e. The van der Waals surface area contributed by atoms with Crippen molar-refractivity contribution in [2.24, 2.45) is 5.92 Å². The SMILES string of the molecule is CC(C)(CBr)OCC1CCCCCC1. The molecule has 1 aliphatic carbocycles. The summed E-state index contributed by atoms with van der Waals surface area (Å²) in [5, 5.41) is 0.923. The zero-order valence-electron chi connectivity index (χ0n) is 9.52. The van der Waals surface area contributed by atoms with E-state index in [2.05, 4.69) is 29.8 Å². The average Bonchev–Trinajstić information content (AvgIpc) is 2.43. The summed E-state index contributed by atoms with van der Waals surface area (Å²) < 4.78 is 5.93. The minimum atomic E-state index is 0.00625. The highest BCUT2D eigenvalue weighted by molar-refractivity contribution is 9.09. The molecule has 1 aliphatic rings. The fourth-order valence-electron chi connectivity index (χ4n) is 1.91. The fraction of sp³-hybridized carbons (Fsp3) is 1.00. The molecule has 0 amide bonds. The van der Waals surface area contributed by atoms with Gasteiger partial charge in [0.05, 0.1) is 12.2 Å². The van der Waals surface area contributed by atoms with Crippen molar-refractivity contribution < 1.29 is 4.74 Å². The first kappa shape index (κ1) is 12.5. The standard InChI is InChI=1S/C12H23BrO/c1-12(2,10-13)14-9-11-7-5-3-4-6-8-11/h11H,3-10H2,1-2H3. The maximum atomic E-state index is 5.93. The van der Waals surface area contributed by atoms with Crippen molar-refractivity contribution in [1.29, 1.82) is 0 Å². The van der Waals surface area contributed by atoms with Crippen LogP contribution in [0.1, 0.15) is 52.4 Å². The zero-order valence-corrected chi connectivity index (χ0v) is 11.1. The highest BCUT2D eigenvalue weighted by atomic mass is 79.9. The molecule has 0 heterocycles. The van der Waals surface area contributed by atoms with Crippen LogP contribution in [-0.2, 0) is 4.74 Å². The summed E-state index contributed by atoms with van der Waals surface area (Å²) in [7, 11) is 0. The lowest BCUT2D eigenvalue weighted by atomic mass is 10.0. The number of ether oxygens (including phenoxy) is 1. The van der Waals surface area contributed by atoms with Crippen LogP contribution < -0.4 is 0 Å². The van der Waals surface area contributed by atoms with Crippen LogP contribution in [0, 0.1) is 5.92 Å².